The molecule has 0 bridgehead atoms. The van der Waals surface area contributed by atoms with Gasteiger partial charge in [-0.3, -0.25) is 9.97 Å². The number of benzene rings is 2. The maximum absolute atomic E-state index is 14.0. The summed E-state index contributed by atoms with van der Waals surface area (Å²) in [5.74, 6) is -0.947. The van der Waals surface area contributed by atoms with Gasteiger partial charge in [0.25, 0.3) is 0 Å². The summed E-state index contributed by atoms with van der Waals surface area (Å²) in [6.45, 7) is -2.87. The molecule has 0 spiro atoms. The Morgan fingerprint density at radius 2 is 1.91 bits per heavy atom. The van der Waals surface area contributed by atoms with Crippen molar-refractivity contribution in [3.8, 4) is 17.2 Å². The summed E-state index contributed by atoms with van der Waals surface area (Å²) in [5.41, 5.74) is 1.66. The van der Waals surface area contributed by atoms with E-state index in [4.69, 9.17) is 9.47 Å². The third-order valence-electron chi connectivity index (χ3n) is 4.60. The number of hydrogen-bond acceptors (Lipinski definition) is 6. The fraction of sp³-hybridized carbons (Fsp3) is 0.182. The Hall–Kier alpha value is -3.44. The molecule has 0 aliphatic heterocycles. The third-order valence-corrected chi connectivity index (χ3v) is 5.76. The minimum Gasteiger partial charge on any atom is -0.609 e. The number of ether oxygens (including phenoxy) is 3. The van der Waals surface area contributed by atoms with E-state index in [-0.39, 0.29) is 21.9 Å². The van der Waals surface area contributed by atoms with Crippen LogP contribution < -0.4 is 14.2 Å². The highest BCUT2D eigenvalue weighted by molar-refractivity contribution is 7.90. The molecule has 0 fully saturated rings. The van der Waals surface area contributed by atoms with Gasteiger partial charge in [0.05, 0.1) is 18.1 Å². The molecule has 2 heterocycles. The van der Waals surface area contributed by atoms with E-state index < -0.39 is 29.4 Å². The van der Waals surface area contributed by atoms with Crippen LogP contribution in [0, 0.1) is 5.82 Å². The SMILES string of the molecule is COc1c(OCc2ccccc2)ccnc1C[S+]([O-])c1nc2cc(OC(F)F)c(F)cc2[nH]1. The van der Waals surface area contributed by atoms with E-state index in [2.05, 4.69) is 19.7 Å². The monoisotopic (exact) mass is 477 g/mol. The van der Waals surface area contributed by atoms with Crippen molar-refractivity contribution in [1.82, 2.24) is 15.0 Å². The van der Waals surface area contributed by atoms with Gasteiger partial charge in [-0.25, -0.2) is 4.39 Å². The summed E-state index contributed by atoms with van der Waals surface area (Å²) < 4.78 is 67.2. The average molecular weight is 477 g/mol. The van der Waals surface area contributed by atoms with Crippen molar-refractivity contribution < 1.29 is 31.9 Å². The number of hydrogen-bond donors (Lipinski definition) is 1. The van der Waals surface area contributed by atoms with Gasteiger partial charge >= 0.3 is 11.8 Å². The molecular formula is C22H18F3N3O4S. The number of imidazole rings is 1. The summed E-state index contributed by atoms with van der Waals surface area (Å²) in [6, 6.07) is 13.2. The van der Waals surface area contributed by atoms with Crippen molar-refractivity contribution >= 4 is 22.2 Å². The van der Waals surface area contributed by atoms with E-state index in [1.807, 2.05) is 30.3 Å². The molecular weight excluding hydrogens is 459 g/mol. The second-order valence-electron chi connectivity index (χ2n) is 6.77. The first-order chi connectivity index (χ1) is 15.9. The van der Waals surface area contributed by atoms with Crippen LogP contribution in [0.25, 0.3) is 11.0 Å². The molecule has 0 aliphatic rings. The normalized spacial score (nSPS) is 12.2. The first-order valence-corrected chi connectivity index (χ1v) is 11.0. The van der Waals surface area contributed by atoms with E-state index in [9.17, 15) is 17.7 Å². The van der Waals surface area contributed by atoms with Crippen LogP contribution in [-0.2, 0) is 23.5 Å². The summed E-state index contributed by atoms with van der Waals surface area (Å²) in [5, 5.41) is 0.0260. The summed E-state index contributed by atoms with van der Waals surface area (Å²) in [4.78, 5) is 11.1. The molecule has 1 atom stereocenters. The highest BCUT2D eigenvalue weighted by Gasteiger charge is 2.23. The van der Waals surface area contributed by atoms with Crippen LogP contribution in [-0.4, -0.2) is 33.2 Å². The van der Waals surface area contributed by atoms with Gasteiger partial charge in [-0.15, -0.1) is 0 Å². The second kappa shape index (κ2) is 10.0. The molecule has 0 saturated carbocycles. The molecule has 0 saturated heterocycles. The molecule has 4 rings (SSSR count). The van der Waals surface area contributed by atoms with E-state index in [1.165, 1.54) is 13.3 Å². The number of halogens is 3. The summed E-state index contributed by atoms with van der Waals surface area (Å²) in [6.07, 6.45) is 1.51. The molecule has 2 aromatic heterocycles. The zero-order valence-electron chi connectivity index (χ0n) is 17.3. The van der Waals surface area contributed by atoms with Gasteiger partial charge < -0.3 is 18.8 Å². The molecule has 4 aromatic rings. The molecule has 11 heteroatoms. The number of aromatic amines is 1. The first kappa shape index (κ1) is 22.7. The highest BCUT2D eigenvalue weighted by Crippen LogP contribution is 2.33. The number of rotatable bonds is 9. The number of nitrogens with zero attached hydrogens (tertiary/aromatic N) is 2. The van der Waals surface area contributed by atoms with Gasteiger partial charge in [-0.1, -0.05) is 30.3 Å². The van der Waals surface area contributed by atoms with Gasteiger partial charge in [0.2, 0.25) is 0 Å². The third kappa shape index (κ3) is 5.32. The Bertz CT molecular complexity index is 1240. The van der Waals surface area contributed by atoms with Crippen molar-refractivity contribution in [1.29, 1.82) is 0 Å². The predicted octanol–water partition coefficient (Wildman–Crippen LogP) is 4.59. The molecule has 1 unspecified atom stereocenters. The Kier molecular flexibility index (Phi) is 6.90. The smallest absolute Gasteiger partial charge is 0.387 e. The van der Waals surface area contributed by atoms with Gasteiger partial charge in [-0.2, -0.15) is 13.8 Å². The molecule has 0 amide bonds. The molecule has 2 aromatic carbocycles. The maximum atomic E-state index is 14.0. The lowest BCUT2D eigenvalue weighted by molar-refractivity contribution is -0.0520. The van der Waals surface area contributed by atoms with Gasteiger partial charge in [0.15, 0.2) is 28.8 Å². The number of methoxy groups -OCH3 is 1. The van der Waals surface area contributed by atoms with Crippen molar-refractivity contribution in [3.05, 3.63) is 71.8 Å². The highest BCUT2D eigenvalue weighted by atomic mass is 32.2. The van der Waals surface area contributed by atoms with Gasteiger partial charge in [0, 0.05) is 35.6 Å². The maximum Gasteiger partial charge on any atom is 0.387 e. The predicted molar refractivity (Wildman–Crippen MR) is 114 cm³/mol. The van der Waals surface area contributed by atoms with Crippen LogP contribution in [0.2, 0.25) is 0 Å². The fourth-order valence-electron chi connectivity index (χ4n) is 3.12. The average Bonchev–Trinajstić information content (AvgIpc) is 3.21. The van der Waals surface area contributed by atoms with E-state index in [0.717, 1.165) is 17.7 Å². The van der Waals surface area contributed by atoms with Crippen LogP contribution in [0.15, 0.2) is 59.9 Å². The van der Waals surface area contributed by atoms with Gasteiger partial charge in [0.1, 0.15) is 12.3 Å². The topological polar surface area (TPSA) is 92.3 Å². The molecule has 0 aliphatic carbocycles. The molecule has 1 N–H and O–H groups in total. The summed E-state index contributed by atoms with van der Waals surface area (Å²) >= 11 is -1.73. The van der Waals surface area contributed by atoms with Gasteiger partial charge in [-0.05, 0) is 5.56 Å². The Morgan fingerprint density at radius 1 is 1.12 bits per heavy atom. The minimum absolute atomic E-state index is 0.0260. The van der Waals surface area contributed by atoms with Crippen LogP contribution in [0.3, 0.4) is 0 Å². The number of fused-ring (bicyclic) bond motifs is 1. The lowest BCUT2D eigenvalue weighted by atomic mass is 10.2. The molecule has 33 heavy (non-hydrogen) atoms. The van der Waals surface area contributed by atoms with Crippen LogP contribution in [0.5, 0.6) is 17.2 Å². The number of pyridine rings is 1. The van der Waals surface area contributed by atoms with Crippen LogP contribution in [0.4, 0.5) is 13.2 Å². The Balaban J connectivity index is 1.54. The van der Waals surface area contributed by atoms with Crippen molar-refractivity contribution in [3.63, 3.8) is 0 Å². The fourth-order valence-corrected chi connectivity index (χ4v) is 4.13. The van der Waals surface area contributed by atoms with E-state index in [1.54, 1.807) is 6.07 Å². The summed E-state index contributed by atoms with van der Waals surface area (Å²) in [7, 11) is 1.45. The zero-order valence-corrected chi connectivity index (χ0v) is 18.1. The minimum atomic E-state index is -3.18. The number of nitrogens with one attached hydrogen (secondary N) is 1. The number of H-pyrrole nitrogens is 1. The standard InChI is InChI=1S/C22H18F3N3O4S/c1-30-20-17(26-8-7-18(20)31-11-13-5-3-2-4-6-13)12-33(29)22-27-15-9-14(23)19(32-21(24)25)10-16(15)28-22/h2-10,21H,11-12H2,1H3,(H,27,28). The lowest BCUT2D eigenvalue weighted by Gasteiger charge is -2.14. The number of aromatic nitrogens is 3. The van der Waals surface area contributed by atoms with E-state index in [0.29, 0.717) is 23.8 Å². The quantitative estimate of drug-likeness (QED) is 0.355. The van der Waals surface area contributed by atoms with Crippen molar-refractivity contribution in [2.24, 2.45) is 0 Å². The Labute approximate surface area is 189 Å². The zero-order chi connectivity index (χ0) is 23.4. The van der Waals surface area contributed by atoms with E-state index >= 15 is 0 Å². The molecule has 0 radical (unpaired) electrons. The first-order valence-electron chi connectivity index (χ1n) is 9.65. The largest absolute Gasteiger partial charge is 0.609 e. The number of alkyl halides is 2. The van der Waals surface area contributed by atoms with Crippen LogP contribution >= 0.6 is 0 Å². The second-order valence-corrected chi connectivity index (χ2v) is 8.14. The molecule has 172 valence electrons. The Morgan fingerprint density at radius 3 is 2.64 bits per heavy atom. The lowest BCUT2D eigenvalue weighted by Crippen LogP contribution is -2.10. The molecule has 7 nitrogen and oxygen atoms in total. The van der Waals surface area contributed by atoms with Crippen LogP contribution in [0.1, 0.15) is 11.3 Å². The van der Waals surface area contributed by atoms with Crippen molar-refractivity contribution in [2.45, 2.75) is 24.1 Å². The van der Waals surface area contributed by atoms with Crippen molar-refractivity contribution in [2.75, 3.05) is 7.11 Å².